The molecular formula is C20H18F2N2O2S. The van der Waals surface area contributed by atoms with Gasteiger partial charge in [-0.2, -0.15) is 0 Å². The van der Waals surface area contributed by atoms with Gasteiger partial charge in [0.25, 0.3) is 0 Å². The fourth-order valence-corrected chi connectivity index (χ4v) is 3.41. The zero-order chi connectivity index (χ0) is 19.6. The number of rotatable bonds is 4. The molecule has 0 fully saturated rings. The van der Waals surface area contributed by atoms with Crippen molar-refractivity contribution < 1.29 is 18.3 Å². The number of ether oxygens (including phenoxy) is 1. The molecular weight excluding hydrogens is 370 g/mol. The Bertz CT molecular complexity index is 912. The third-order valence-electron chi connectivity index (χ3n) is 4.25. The van der Waals surface area contributed by atoms with Crippen molar-refractivity contribution >= 4 is 29.0 Å². The maximum atomic E-state index is 13.7. The van der Waals surface area contributed by atoms with Crippen molar-refractivity contribution in [2.24, 2.45) is 0 Å². The summed E-state index contributed by atoms with van der Waals surface area (Å²) in [5.41, 5.74) is 2.02. The molecule has 0 spiro atoms. The molecule has 3 rings (SSSR count). The van der Waals surface area contributed by atoms with Crippen LogP contribution in [0.3, 0.4) is 0 Å². The molecule has 27 heavy (non-hydrogen) atoms. The first-order valence-electron chi connectivity index (χ1n) is 8.42. The van der Waals surface area contributed by atoms with Gasteiger partial charge >= 0.3 is 5.97 Å². The van der Waals surface area contributed by atoms with Crippen LogP contribution in [-0.2, 0) is 9.53 Å². The van der Waals surface area contributed by atoms with Crippen molar-refractivity contribution in [3.05, 3.63) is 77.0 Å². The number of hydrogen-bond donors (Lipinski definition) is 1. The zero-order valence-electron chi connectivity index (χ0n) is 14.8. The smallest absolute Gasteiger partial charge is 0.338 e. The normalized spacial score (nSPS) is 17.0. The van der Waals surface area contributed by atoms with Gasteiger partial charge in [-0.1, -0.05) is 12.1 Å². The molecule has 2 aromatic carbocycles. The van der Waals surface area contributed by atoms with Crippen LogP contribution in [0.2, 0.25) is 0 Å². The number of hydrogen-bond acceptors (Lipinski definition) is 3. The number of halogens is 2. The average Bonchev–Trinajstić information content (AvgIpc) is 2.63. The Balaban J connectivity index is 2.13. The van der Waals surface area contributed by atoms with E-state index in [0.717, 1.165) is 0 Å². The molecule has 0 radical (unpaired) electrons. The van der Waals surface area contributed by atoms with E-state index in [-0.39, 0.29) is 12.4 Å². The quantitative estimate of drug-likeness (QED) is 0.627. The molecule has 0 saturated carbocycles. The van der Waals surface area contributed by atoms with E-state index in [0.29, 0.717) is 27.6 Å². The summed E-state index contributed by atoms with van der Waals surface area (Å²) in [6.07, 6.45) is 0. The molecule has 2 aromatic rings. The fourth-order valence-electron chi connectivity index (χ4n) is 3.05. The van der Waals surface area contributed by atoms with Crippen molar-refractivity contribution in [3.63, 3.8) is 0 Å². The molecule has 1 aliphatic heterocycles. The largest absolute Gasteiger partial charge is 0.463 e. The predicted molar refractivity (Wildman–Crippen MR) is 103 cm³/mol. The van der Waals surface area contributed by atoms with Crippen LogP contribution >= 0.6 is 12.2 Å². The number of carbonyl (C=O) groups is 1. The highest BCUT2D eigenvalue weighted by atomic mass is 32.1. The van der Waals surface area contributed by atoms with Crippen LogP contribution in [0.25, 0.3) is 0 Å². The molecule has 7 heteroatoms. The number of carbonyl (C=O) groups excluding carboxylic acids is 1. The van der Waals surface area contributed by atoms with Gasteiger partial charge in [0.15, 0.2) is 5.11 Å². The molecule has 4 nitrogen and oxygen atoms in total. The standard InChI is InChI=1S/C20H18F2N2O2S/c1-3-26-19(25)17-12(2)24(16-9-7-14(21)8-10-16)20(27)23-18(17)13-5-4-6-15(22)11-13/h4-11,18H,3H2,1-2H3,(H,23,27)/t18-/m0/s1. The summed E-state index contributed by atoms with van der Waals surface area (Å²) in [5, 5.41) is 3.40. The van der Waals surface area contributed by atoms with Crippen molar-refractivity contribution in [1.29, 1.82) is 0 Å². The predicted octanol–water partition coefficient (Wildman–Crippen LogP) is 4.24. The van der Waals surface area contributed by atoms with Gasteiger partial charge in [0.1, 0.15) is 11.6 Å². The summed E-state index contributed by atoms with van der Waals surface area (Å²) >= 11 is 5.47. The fraction of sp³-hybridized carbons (Fsp3) is 0.200. The molecule has 1 N–H and O–H groups in total. The van der Waals surface area contributed by atoms with Crippen molar-refractivity contribution in [1.82, 2.24) is 5.32 Å². The molecule has 0 unspecified atom stereocenters. The number of allylic oxidation sites excluding steroid dienone is 1. The Labute approximate surface area is 161 Å². The SMILES string of the molecule is CCOC(=O)C1=C(C)N(c2ccc(F)cc2)C(=S)N[C@H]1c1cccc(F)c1. The molecule has 0 saturated heterocycles. The monoisotopic (exact) mass is 388 g/mol. The van der Waals surface area contributed by atoms with Crippen LogP contribution in [0.5, 0.6) is 0 Å². The van der Waals surface area contributed by atoms with Crippen molar-refractivity contribution in [3.8, 4) is 0 Å². The maximum Gasteiger partial charge on any atom is 0.338 e. The van der Waals surface area contributed by atoms with Crippen LogP contribution in [-0.4, -0.2) is 17.7 Å². The van der Waals surface area contributed by atoms with Gasteiger partial charge in [0.2, 0.25) is 0 Å². The molecule has 0 amide bonds. The highest BCUT2D eigenvalue weighted by Gasteiger charge is 2.35. The van der Waals surface area contributed by atoms with E-state index in [1.165, 1.54) is 24.3 Å². The third kappa shape index (κ3) is 3.83. The van der Waals surface area contributed by atoms with Gasteiger partial charge in [0, 0.05) is 11.4 Å². The maximum absolute atomic E-state index is 13.7. The first-order chi connectivity index (χ1) is 12.9. The second kappa shape index (κ2) is 7.84. The van der Waals surface area contributed by atoms with E-state index < -0.39 is 17.8 Å². The van der Waals surface area contributed by atoms with Crippen molar-refractivity contribution in [2.75, 3.05) is 11.5 Å². The van der Waals surface area contributed by atoms with E-state index in [1.54, 1.807) is 43.0 Å². The summed E-state index contributed by atoms with van der Waals surface area (Å²) in [4.78, 5) is 14.3. The number of anilines is 1. The summed E-state index contributed by atoms with van der Waals surface area (Å²) in [5.74, 6) is -1.31. The number of thiocarbonyl (C=S) groups is 1. The van der Waals surface area contributed by atoms with E-state index in [9.17, 15) is 13.6 Å². The van der Waals surface area contributed by atoms with E-state index in [2.05, 4.69) is 5.32 Å². The van der Waals surface area contributed by atoms with E-state index >= 15 is 0 Å². The van der Waals surface area contributed by atoms with Gasteiger partial charge in [-0.15, -0.1) is 0 Å². The Morgan fingerprint density at radius 1 is 1.19 bits per heavy atom. The lowest BCUT2D eigenvalue weighted by atomic mass is 9.94. The van der Waals surface area contributed by atoms with Crippen LogP contribution in [0, 0.1) is 11.6 Å². The lowest BCUT2D eigenvalue weighted by Gasteiger charge is -2.37. The van der Waals surface area contributed by atoms with Gasteiger partial charge in [-0.25, -0.2) is 13.6 Å². The van der Waals surface area contributed by atoms with Gasteiger partial charge in [0.05, 0.1) is 18.2 Å². The number of nitrogens with one attached hydrogen (secondary N) is 1. The first kappa shape index (κ1) is 19.0. The molecule has 1 aliphatic rings. The Morgan fingerprint density at radius 2 is 1.89 bits per heavy atom. The van der Waals surface area contributed by atoms with Crippen LogP contribution in [0.15, 0.2) is 59.8 Å². The minimum absolute atomic E-state index is 0.201. The second-order valence-corrected chi connectivity index (χ2v) is 6.36. The minimum Gasteiger partial charge on any atom is -0.463 e. The number of benzene rings is 2. The molecule has 0 aliphatic carbocycles. The van der Waals surface area contributed by atoms with E-state index in [4.69, 9.17) is 17.0 Å². The lowest BCUT2D eigenvalue weighted by Crippen LogP contribution is -2.48. The highest BCUT2D eigenvalue weighted by Crippen LogP contribution is 2.34. The third-order valence-corrected chi connectivity index (χ3v) is 4.55. The number of nitrogens with zero attached hydrogens (tertiary/aromatic N) is 1. The Morgan fingerprint density at radius 3 is 2.52 bits per heavy atom. The Kier molecular flexibility index (Phi) is 5.51. The molecule has 0 bridgehead atoms. The highest BCUT2D eigenvalue weighted by molar-refractivity contribution is 7.80. The molecule has 1 atom stereocenters. The lowest BCUT2D eigenvalue weighted by molar-refractivity contribution is -0.139. The van der Waals surface area contributed by atoms with Crippen LogP contribution in [0.1, 0.15) is 25.5 Å². The first-order valence-corrected chi connectivity index (χ1v) is 8.82. The Hall–Kier alpha value is -2.80. The number of esters is 1. The summed E-state index contributed by atoms with van der Waals surface area (Å²) < 4.78 is 32.2. The van der Waals surface area contributed by atoms with E-state index in [1.807, 2.05) is 0 Å². The van der Waals surface area contributed by atoms with Gasteiger partial charge in [-0.05, 0) is 68.0 Å². The second-order valence-electron chi connectivity index (χ2n) is 5.97. The molecule has 140 valence electrons. The average molecular weight is 388 g/mol. The summed E-state index contributed by atoms with van der Waals surface area (Å²) in [6.45, 7) is 3.64. The zero-order valence-corrected chi connectivity index (χ0v) is 15.6. The molecule has 1 heterocycles. The van der Waals surface area contributed by atoms with Gasteiger partial charge in [-0.3, -0.25) is 4.90 Å². The summed E-state index contributed by atoms with van der Waals surface area (Å²) in [6, 6.07) is 11.1. The minimum atomic E-state index is -0.649. The van der Waals surface area contributed by atoms with Gasteiger partial charge < -0.3 is 10.1 Å². The molecule has 0 aromatic heterocycles. The van der Waals surface area contributed by atoms with Crippen molar-refractivity contribution in [2.45, 2.75) is 19.9 Å². The van der Waals surface area contributed by atoms with Crippen LogP contribution in [0.4, 0.5) is 14.5 Å². The topological polar surface area (TPSA) is 41.6 Å². The summed E-state index contributed by atoms with van der Waals surface area (Å²) in [7, 11) is 0. The van der Waals surface area contributed by atoms with Crippen LogP contribution < -0.4 is 10.2 Å².